The number of rotatable bonds is 10. The predicted octanol–water partition coefficient (Wildman–Crippen LogP) is 6.01. The molecule has 0 spiro atoms. The fourth-order valence-corrected chi connectivity index (χ4v) is 6.99. The summed E-state index contributed by atoms with van der Waals surface area (Å²) in [7, 11) is -1.19. The lowest BCUT2D eigenvalue weighted by atomic mass is 10.0. The summed E-state index contributed by atoms with van der Waals surface area (Å²) in [6, 6.07) is 7.51. The molecule has 1 saturated heterocycles. The van der Waals surface area contributed by atoms with Crippen LogP contribution in [0.1, 0.15) is 56.4 Å². The van der Waals surface area contributed by atoms with Gasteiger partial charge in [0.15, 0.2) is 0 Å². The number of carbonyl (C=O) groups excluding carboxylic acids is 1. The standard InChI is InChI=1S/C28H41N7O2SSi/c1-20(36)34-13-11-22(12-14-34)30-23-17-25-24(29-18-23)9-10-26(31-25)35(19-37-15-16-39(2,3)4)28-33-32-27(38-28)21-7-5-6-8-21/h9-10,17-18,21-22,30H,5-8,11-16,19H2,1-4H3. The van der Waals surface area contributed by atoms with Crippen LogP contribution < -0.4 is 10.2 Å². The van der Waals surface area contributed by atoms with E-state index in [1.54, 1.807) is 18.3 Å². The molecule has 0 unspecified atom stereocenters. The largest absolute Gasteiger partial charge is 0.381 e. The van der Waals surface area contributed by atoms with E-state index in [2.05, 4.69) is 51.1 Å². The molecular formula is C28H41N7O2SSi. The monoisotopic (exact) mass is 567 g/mol. The number of carbonyl (C=O) groups is 1. The molecule has 39 heavy (non-hydrogen) atoms. The maximum atomic E-state index is 11.7. The van der Waals surface area contributed by atoms with Gasteiger partial charge in [-0.25, -0.2) is 4.98 Å². The van der Waals surface area contributed by atoms with Gasteiger partial charge in [-0.05, 0) is 49.9 Å². The third-order valence-corrected chi connectivity index (χ3v) is 10.5. The Bertz CT molecular complexity index is 1270. The van der Waals surface area contributed by atoms with Gasteiger partial charge in [0.1, 0.15) is 17.6 Å². The minimum atomic E-state index is -1.19. The van der Waals surface area contributed by atoms with Crippen molar-refractivity contribution in [3.8, 4) is 0 Å². The highest BCUT2D eigenvalue weighted by molar-refractivity contribution is 7.15. The van der Waals surface area contributed by atoms with Crippen molar-refractivity contribution >= 4 is 53.0 Å². The zero-order chi connectivity index (χ0) is 27.4. The van der Waals surface area contributed by atoms with Crippen LogP contribution in [0.25, 0.3) is 11.0 Å². The number of nitrogens with zero attached hydrogens (tertiary/aromatic N) is 6. The normalized spacial score (nSPS) is 17.2. The van der Waals surface area contributed by atoms with Gasteiger partial charge in [-0.2, -0.15) is 0 Å². The third kappa shape index (κ3) is 7.32. The van der Waals surface area contributed by atoms with E-state index in [1.165, 1.54) is 25.7 Å². The highest BCUT2D eigenvalue weighted by Gasteiger charge is 2.25. The molecular weight excluding hydrogens is 527 g/mol. The van der Waals surface area contributed by atoms with Gasteiger partial charge in [-0.3, -0.25) is 14.7 Å². The van der Waals surface area contributed by atoms with E-state index >= 15 is 0 Å². The van der Waals surface area contributed by atoms with Crippen molar-refractivity contribution < 1.29 is 9.53 Å². The fraction of sp³-hybridized carbons (Fsp3) is 0.607. The average molecular weight is 568 g/mol. The van der Waals surface area contributed by atoms with E-state index < -0.39 is 8.07 Å². The number of likely N-dealkylation sites (tertiary alicyclic amines) is 1. The summed E-state index contributed by atoms with van der Waals surface area (Å²) in [5, 5.41) is 14.7. The van der Waals surface area contributed by atoms with Crippen molar-refractivity contribution in [2.24, 2.45) is 0 Å². The second kappa shape index (κ2) is 12.3. The van der Waals surface area contributed by atoms with Crippen LogP contribution in [-0.4, -0.2) is 71.5 Å². The Labute approximate surface area is 236 Å². The summed E-state index contributed by atoms with van der Waals surface area (Å²) in [6.45, 7) is 11.4. The van der Waals surface area contributed by atoms with E-state index in [0.29, 0.717) is 18.7 Å². The minimum Gasteiger partial charge on any atom is -0.381 e. The Morgan fingerprint density at radius 2 is 1.90 bits per heavy atom. The molecule has 9 nitrogen and oxygen atoms in total. The van der Waals surface area contributed by atoms with Crippen LogP contribution in [0.2, 0.25) is 25.7 Å². The molecule has 2 fully saturated rings. The third-order valence-electron chi connectivity index (χ3n) is 7.69. The lowest BCUT2D eigenvalue weighted by Gasteiger charge is -2.32. The molecule has 2 aliphatic rings. The Hall–Kier alpha value is -2.63. The first-order chi connectivity index (χ1) is 18.7. The lowest BCUT2D eigenvalue weighted by Crippen LogP contribution is -2.41. The number of amides is 1. The molecule has 1 aliphatic carbocycles. The molecule has 210 valence electrons. The number of fused-ring (bicyclic) bond motifs is 1. The molecule has 0 atom stereocenters. The van der Waals surface area contributed by atoms with Gasteiger partial charge in [0, 0.05) is 46.7 Å². The van der Waals surface area contributed by atoms with Gasteiger partial charge < -0.3 is 15.0 Å². The first kappa shape index (κ1) is 27.9. The SMILES string of the molecule is CC(=O)N1CCC(Nc2cnc3ccc(N(COCC[Si](C)(C)C)c4nnc(C5CCCC5)s4)nc3c2)CC1. The second-order valence-corrected chi connectivity index (χ2v) is 18.6. The summed E-state index contributed by atoms with van der Waals surface area (Å²) in [5.41, 5.74) is 2.62. The predicted molar refractivity (Wildman–Crippen MR) is 161 cm³/mol. The molecule has 1 amide bonds. The molecule has 3 aromatic rings. The summed E-state index contributed by atoms with van der Waals surface area (Å²) in [4.78, 5) is 25.3. The van der Waals surface area contributed by atoms with E-state index in [4.69, 9.17) is 9.72 Å². The number of pyridine rings is 2. The first-order valence-electron chi connectivity index (χ1n) is 14.2. The average Bonchev–Trinajstić information content (AvgIpc) is 3.61. The highest BCUT2D eigenvalue weighted by atomic mass is 32.1. The Morgan fingerprint density at radius 1 is 1.13 bits per heavy atom. The zero-order valence-electron chi connectivity index (χ0n) is 23.7. The van der Waals surface area contributed by atoms with Gasteiger partial charge in [0.25, 0.3) is 0 Å². The summed E-state index contributed by atoms with van der Waals surface area (Å²) in [5.74, 6) is 1.46. The van der Waals surface area contributed by atoms with Crippen LogP contribution >= 0.6 is 11.3 Å². The highest BCUT2D eigenvalue weighted by Crippen LogP contribution is 2.38. The van der Waals surface area contributed by atoms with Crippen molar-refractivity contribution in [1.29, 1.82) is 0 Å². The van der Waals surface area contributed by atoms with E-state index in [9.17, 15) is 4.79 Å². The van der Waals surface area contributed by atoms with Crippen molar-refractivity contribution in [1.82, 2.24) is 25.1 Å². The van der Waals surface area contributed by atoms with Crippen LogP contribution in [0.4, 0.5) is 16.6 Å². The summed E-state index contributed by atoms with van der Waals surface area (Å²) < 4.78 is 6.18. The topological polar surface area (TPSA) is 96.4 Å². The molecule has 1 N–H and O–H groups in total. The number of piperidine rings is 1. The quantitative estimate of drug-likeness (QED) is 0.181. The Balaban J connectivity index is 1.34. The number of aromatic nitrogens is 4. The second-order valence-electron chi connectivity index (χ2n) is 12.0. The molecule has 3 aromatic heterocycles. The van der Waals surface area contributed by atoms with E-state index in [0.717, 1.165) is 71.3 Å². The van der Waals surface area contributed by atoms with E-state index in [1.807, 2.05) is 23.2 Å². The minimum absolute atomic E-state index is 0.150. The van der Waals surface area contributed by atoms with Crippen LogP contribution in [0, 0.1) is 0 Å². The zero-order valence-corrected chi connectivity index (χ0v) is 25.5. The molecule has 1 saturated carbocycles. The Morgan fingerprint density at radius 3 is 2.62 bits per heavy atom. The molecule has 0 radical (unpaired) electrons. The summed E-state index contributed by atoms with van der Waals surface area (Å²) >= 11 is 1.67. The van der Waals surface area contributed by atoms with Crippen molar-refractivity contribution in [2.45, 2.75) is 83.1 Å². The lowest BCUT2D eigenvalue weighted by molar-refractivity contribution is -0.129. The van der Waals surface area contributed by atoms with Crippen molar-refractivity contribution in [3.05, 3.63) is 29.4 Å². The molecule has 0 aromatic carbocycles. The number of nitrogens with one attached hydrogen (secondary N) is 1. The Kier molecular flexibility index (Phi) is 8.78. The molecule has 4 heterocycles. The van der Waals surface area contributed by atoms with Crippen molar-refractivity contribution in [3.63, 3.8) is 0 Å². The molecule has 1 aliphatic heterocycles. The van der Waals surface area contributed by atoms with Gasteiger partial charge in [0.2, 0.25) is 11.0 Å². The maximum absolute atomic E-state index is 11.7. The number of hydrogen-bond donors (Lipinski definition) is 1. The van der Waals surface area contributed by atoms with Crippen LogP contribution in [0.3, 0.4) is 0 Å². The first-order valence-corrected chi connectivity index (χ1v) is 18.7. The van der Waals surface area contributed by atoms with Crippen molar-refractivity contribution in [2.75, 3.05) is 36.6 Å². The smallest absolute Gasteiger partial charge is 0.219 e. The van der Waals surface area contributed by atoms with Gasteiger partial charge >= 0.3 is 0 Å². The number of anilines is 3. The van der Waals surface area contributed by atoms with Crippen LogP contribution in [-0.2, 0) is 9.53 Å². The number of ether oxygens (including phenoxy) is 1. The van der Waals surface area contributed by atoms with Gasteiger partial charge in [-0.1, -0.05) is 43.8 Å². The van der Waals surface area contributed by atoms with Crippen LogP contribution in [0.15, 0.2) is 24.4 Å². The maximum Gasteiger partial charge on any atom is 0.219 e. The molecule has 5 rings (SSSR count). The summed E-state index contributed by atoms with van der Waals surface area (Å²) in [6.07, 6.45) is 8.66. The van der Waals surface area contributed by atoms with E-state index in [-0.39, 0.29) is 5.91 Å². The fourth-order valence-electron chi connectivity index (χ4n) is 5.23. The van der Waals surface area contributed by atoms with Gasteiger partial charge in [-0.15, -0.1) is 10.2 Å². The molecule has 0 bridgehead atoms. The van der Waals surface area contributed by atoms with Gasteiger partial charge in [0.05, 0.1) is 22.9 Å². The number of hydrogen-bond acceptors (Lipinski definition) is 9. The van der Waals surface area contributed by atoms with Crippen LogP contribution in [0.5, 0.6) is 0 Å². The molecule has 11 heteroatoms.